The first kappa shape index (κ1) is 21.0. The third-order valence-corrected chi connectivity index (χ3v) is 7.35. The first-order valence-corrected chi connectivity index (χ1v) is 11.4. The van der Waals surface area contributed by atoms with Gasteiger partial charge in [0.25, 0.3) is 0 Å². The number of benzene rings is 2. The van der Waals surface area contributed by atoms with Crippen molar-refractivity contribution in [3.63, 3.8) is 0 Å². The van der Waals surface area contributed by atoms with Gasteiger partial charge >= 0.3 is 0 Å². The van der Waals surface area contributed by atoms with E-state index < -0.39 is 25.9 Å². The lowest BCUT2D eigenvalue weighted by molar-refractivity contribution is 0.414. The second-order valence-electron chi connectivity index (χ2n) is 5.58. The van der Waals surface area contributed by atoms with Gasteiger partial charge in [-0.05, 0) is 36.8 Å². The third-order valence-electron chi connectivity index (χ3n) is 3.66. The second-order valence-corrected chi connectivity index (χ2v) is 10.0. The Morgan fingerprint density at radius 3 is 2.04 bits per heavy atom. The first-order valence-electron chi connectivity index (χ1n) is 7.31. The fraction of sp³-hybridized carbons (Fsp3) is 0.250. The van der Waals surface area contributed by atoms with E-state index in [-0.39, 0.29) is 25.6 Å². The van der Waals surface area contributed by atoms with Crippen LogP contribution in [0.3, 0.4) is 0 Å². The van der Waals surface area contributed by atoms with Gasteiger partial charge in [-0.3, -0.25) is 0 Å². The van der Waals surface area contributed by atoms with E-state index in [2.05, 4.69) is 4.72 Å². The van der Waals surface area contributed by atoms with Crippen LogP contribution in [0.25, 0.3) is 0 Å². The molecule has 0 aliphatic carbocycles. The molecule has 1 N–H and O–H groups in total. The van der Waals surface area contributed by atoms with Crippen LogP contribution < -0.4 is 9.46 Å². The topological polar surface area (TPSA) is 89.5 Å². The highest BCUT2D eigenvalue weighted by atomic mass is 35.5. The molecule has 2 rings (SSSR count). The molecule has 0 amide bonds. The van der Waals surface area contributed by atoms with Crippen molar-refractivity contribution >= 4 is 43.1 Å². The maximum Gasteiger partial charge on any atom is 0.242 e. The van der Waals surface area contributed by atoms with Crippen LogP contribution in [-0.2, 0) is 19.9 Å². The number of halogens is 2. The summed E-state index contributed by atoms with van der Waals surface area (Å²) in [5.41, 5.74) is 0.594. The van der Waals surface area contributed by atoms with Crippen LogP contribution in [0.15, 0.2) is 46.2 Å². The molecule has 6 nitrogen and oxygen atoms in total. The molecule has 1 atom stereocenters. The van der Waals surface area contributed by atoms with Gasteiger partial charge in [0.2, 0.25) is 10.0 Å². The summed E-state index contributed by atoms with van der Waals surface area (Å²) in [7, 11) is -5.89. The number of sulfonamides is 1. The number of methoxy groups -OCH3 is 1. The normalized spacial score (nSPS) is 13.4. The van der Waals surface area contributed by atoms with Crippen LogP contribution in [0.1, 0.15) is 18.5 Å². The van der Waals surface area contributed by atoms with Gasteiger partial charge in [0.1, 0.15) is 15.7 Å². The minimum absolute atomic E-state index is 0.00204. The molecule has 0 heterocycles. The predicted octanol–water partition coefficient (Wildman–Crippen LogP) is 3.45. The largest absolute Gasteiger partial charge is 0.495 e. The molecule has 0 fully saturated rings. The van der Waals surface area contributed by atoms with Crippen LogP contribution >= 0.6 is 23.2 Å². The summed E-state index contributed by atoms with van der Waals surface area (Å²) in [6, 6.07) is 8.03. The van der Waals surface area contributed by atoms with E-state index >= 15 is 0 Å². The molecule has 0 bridgehead atoms. The van der Waals surface area contributed by atoms with Crippen LogP contribution in [0, 0.1) is 0 Å². The van der Waals surface area contributed by atoms with Gasteiger partial charge in [0, 0.05) is 12.3 Å². The average Bonchev–Trinajstić information content (AvgIpc) is 2.56. The zero-order chi connectivity index (χ0) is 19.7. The smallest absolute Gasteiger partial charge is 0.242 e. The number of hydrogen-bond acceptors (Lipinski definition) is 5. The predicted molar refractivity (Wildman–Crippen MR) is 101 cm³/mol. The highest BCUT2D eigenvalue weighted by molar-refractivity contribution is 7.90. The monoisotopic (exact) mass is 437 g/mol. The lowest BCUT2D eigenvalue weighted by Gasteiger charge is -2.16. The summed E-state index contributed by atoms with van der Waals surface area (Å²) in [6.45, 7) is 1.63. The van der Waals surface area contributed by atoms with Crippen molar-refractivity contribution < 1.29 is 21.6 Å². The molecule has 0 unspecified atom stereocenters. The molecule has 26 heavy (non-hydrogen) atoms. The van der Waals surface area contributed by atoms with Crippen molar-refractivity contribution in [3.05, 3.63) is 52.0 Å². The zero-order valence-electron chi connectivity index (χ0n) is 14.2. The molecule has 142 valence electrons. The van der Waals surface area contributed by atoms with Crippen LogP contribution in [-0.4, -0.2) is 30.2 Å². The van der Waals surface area contributed by atoms with Crippen LogP contribution in [0.5, 0.6) is 5.75 Å². The SMILES string of the molecule is COc1ccc(S(=O)(=O)N[C@@H](C)c2ccc(S(C)(=O)=O)cc2)c(Cl)c1Cl. The molecule has 0 aromatic heterocycles. The fourth-order valence-corrected chi connectivity index (χ4v) is 4.95. The van der Waals surface area contributed by atoms with Gasteiger partial charge < -0.3 is 4.74 Å². The zero-order valence-corrected chi connectivity index (χ0v) is 17.3. The number of rotatable bonds is 6. The molecule has 2 aromatic rings. The standard InChI is InChI=1S/C16H17Cl2NO5S2/c1-10(11-4-6-12(7-5-11)25(3,20)21)19-26(22,23)14-9-8-13(24-2)15(17)16(14)18/h4-10,19H,1-3H3/t10-/m0/s1. The van der Waals surface area contributed by atoms with Crippen molar-refractivity contribution in [1.82, 2.24) is 4.72 Å². The van der Waals surface area contributed by atoms with Crippen LogP contribution in [0.4, 0.5) is 0 Å². The van der Waals surface area contributed by atoms with Gasteiger partial charge in [-0.25, -0.2) is 21.6 Å². The van der Waals surface area contributed by atoms with Crippen LogP contribution in [0.2, 0.25) is 10.0 Å². The maximum absolute atomic E-state index is 12.6. The molecule has 0 radical (unpaired) electrons. The van der Waals surface area contributed by atoms with E-state index in [4.69, 9.17) is 27.9 Å². The van der Waals surface area contributed by atoms with E-state index in [1.54, 1.807) is 19.1 Å². The maximum atomic E-state index is 12.6. The molecular formula is C16H17Cl2NO5S2. The van der Waals surface area contributed by atoms with Gasteiger partial charge in [-0.15, -0.1) is 0 Å². The van der Waals surface area contributed by atoms with E-state index in [0.717, 1.165) is 6.26 Å². The number of nitrogens with one attached hydrogen (secondary N) is 1. The molecule has 0 saturated carbocycles. The summed E-state index contributed by atoms with van der Waals surface area (Å²) < 4.78 is 55.7. The molecule has 0 aliphatic rings. The highest BCUT2D eigenvalue weighted by Gasteiger charge is 2.24. The lowest BCUT2D eigenvalue weighted by Crippen LogP contribution is -2.27. The number of ether oxygens (including phenoxy) is 1. The van der Waals surface area contributed by atoms with Crippen molar-refractivity contribution in [2.75, 3.05) is 13.4 Å². The Morgan fingerprint density at radius 1 is 0.962 bits per heavy atom. The summed E-state index contributed by atoms with van der Waals surface area (Å²) in [4.78, 5) is -0.0224. The van der Waals surface area contributed by atoms with E-state index in [1.165, 1.54) is 31.4 Å². The van der Waals surface area contributed by atoms with Crippen molar-refractivity contribution in [1.29, 1.82) is 0 Å². The summed E-state index contributed by atoms with van der Waals surface area (Å²) in [6.07, 6.45) is 1.10. The Kier molecular flexibility index (Phi) is 6.24. The first-order chi connectivity index (χ1) is 12.0. The van der Waals surface area contributed by atoms with E-state index in [0.29, 0.717) is 5.56 Å². The summed E-state index contributed by atoms with van der Waals surface area (Å²) >= 11 is 12.1. The number of hydrogen-bond donors (Lipinski definition) is 1. The molecule has 10 heteroatoms. The van der Waals surface area contributed by atoms with Gasteiger partial charge in [0.15, 0.2) is 9.84 Å². The molecular weight excluding hydrogens is 421 g/mol. The Hall–Kier alpha value is -1.32. The van der Waals surface area contributed by atoms with Crippen molar-refractivity contribution in [3.8, 4) is 5.75 Å². The Balaban J connectivity index is 2.31. The van der Waals surface area contributed by atoms with E-state index in [1.807, 2.05) is 0 Å². The Bertz CT molecular complexity index is 1020. The molecule has 0 spiro atoms. The van der Waals surface area contributed by atoms with Gasteiger partial charge in [-0.1, -0.05) is 35.3 Å². The second kappa shape index (κ2) is 7.74. The minimum Gasteiger partial charge on any atom is -0.495 e. The van der Waals surface area contributed by atoms with Crippen molar-refractivity contribution in [2.45, 2.75) is 22.8 Å². The summed E-state index contributed by atoms with van der Waals surface area (Å²) in [5.74, 6) is 0.264. The molecule has 0 saturated heterocycles. The highest BCUT2D eigenvalue weighted by Crippen LogP contribution is 2.36. The molecule has 0 aliphatic heterocycles. The third kappa shape index (κ3) is 4.50. The van der Waals surface area contributed by atoms with Crippen molar-refractivity contribution in [2.24, 2.45) is 0 Å². The lowest BCUT2D eigenvalue weighted by atomic mass is 10.1. The Morgan fingerprint density at radius 2 is 1.54 bits per heavy atom. The summed E-state index contributed by atoms with van der Waals surface area (Å²) in [5, 5.41) is -0.139. The molecule has 2 aromatic carbocycles. The quantitative estimate of drug-likeness (QED) is 0.746. The average molecular weight is 438 g/mol. The van der Waals surface area contributed by atoms with Gasteiger partial charge in [-0.2, -0.15) is 0 Å². The number of sulfone groups is 1. The minimum atomic E-state index is -3.96. The Labute approximate surface area is 163 Å². The van der Waals surface area contributed by atoms with Gasteiger partial charge in [0.05, 0.1) is 17.0 Å². The fourth-order valence-electron chi connectivity index (χ4n) is 2.25. The van der Waals surface area contributed by atoms with E-state index in [9.17, 15) is 16.8 Å².